The lowest BCUT2D eigenvalue weighted by molar-refractivity contribution is -0.120. The molecule has 3 amide bonds. The molecular weight excluding hydrogens is 452 g/mol. The Morgan fingerprint density at radius 1 is 1.07 bits per heavy atom. The molecule has 2 aromatic carbocycles. The predicted octanol–water partition coefficient (Wildman–Crippen LogP) is 3.89. The van der Waals surface area contributed by atoms with Crippen molar-refractivity contribution in [2.75, 3.05) is 12.4 Å². The maximum Gasteiger partial charge on any atom is 0.340 e. The molecule has 30 heavy (non-hydrogen) atoms. The number of carbonyl (C=O) groups is 4. The van der Waals surface area contributed by atoms with E-state index in [0.29, 0.717) is 4.47 Å². The first-order chi connectivity index (χ1) is 14.2. The summed E-state index contributed by atoms with van der Waals surface area (Å²) in [5, 5.41) is 2.70. The summed E-state index contributed by atoms with van der Waals surface area (Å²) in [6.07, 6.45) is 0.279. The van der Waals surface area contributed by atoms with E-state index in [0.717, 1.165) is 4.90 Å². The van der Waals surface area contributed by atoms with Crippen LogP contribution in [0.1, 0.15) is 51.3 Å². The van der Waals surface area contributed by atoms with Crippen LogP contribution in [0.15, 0.2) is 46.9 Å². The van der Waals surface area contributed by atoms with E-state index in [2.05, 4.69) is 21.2 Å². The zero-order chi connectivity index (χ0) is 22.0. The summed E-state index contributed by atoms with van der Waals surface area (Å²) in [4.78, 5) is 52.1. The van der Waals surface area contributed by atoms with E-state index in [1.807, 2.05) is 13.8 Å². The van der Waals surface area contributed by atoms with E-state index >= 15 is 0 Å². The summed E-state index contributed by atoms with van der Waals surface area (Å²) in [5.74, 6) is -2.13. The third-order valence-electron chi connectivity index (χ3n) is 4.78. The molecule has 1 aliphatic rings. The zero-order valence-corrected chi connectivity index (χ0v) is 18.4. The number of amides is 3. The Morgan fingerprint density at radius 2 is 1.67 bits per heavy atom. The number of ether oxygens (including phenoxy) is 1. The second-order valence-electron chi connectivity index (χ2n) is 7.34. The normalized spacial score (nSPS) is 14.0. The van der Waals surface area contributed by atoms with Gasteiger partial charge in [0.05, 0.1) is 29.5 Å². The van der Waals surface area contributed by atoms with Gasteiger partial charge >= 0.3 is 5.97 Å². The third kappa shape index (κ3) is 4.14. The van der Waals surface area contributed by atoms with Crippen molar-refractivity contribution in [2.45, 2.75) is 26.3 Å². The quantitative estimate of drug-likeness (QED) is 0.508. The van der Waals surface area contributed by atoms with E-state index in [9.17, 15) is 19.2 Å². The highest BCUT2D eigenvalue weighted by Gasteiger charge is 2.42. The number of nitrogens with one attached hydrogen (secondary N) is 1. The predicted molar refractivity (Wildman–Crippen MR) is 114 cm³/mol. The monoisotopic (exact) mass is 472 g/mol. The zero-order valence-electron chi connectivity index (χ0n) is 16.8. The molecule has 2 aromatic rings. The molecule has 0 aromatic heterocycles. The SMILES string of the molecule is COC(=O)c1cc(Br)ccc1NC(=O)C(CC(C)C)N1C(=O)c2ccccc2C1=O. The van der Waals surface area contributed by atoms with Gasteiger partial charge in [0.15, 0.2) is 0 Å². The average Bonchev–Trinajstić information content (AvgIpc) is 2.97. The number of halogens is 1. The first kappa shape index (κ1) is 21.7. The number of benzene rings is 2. The van der Waals surface area contributed by atoms with Gasteiger partial charge in [-0.25, -0.2) is 4.79 Å². The molecule has 0 bridgehead atoms. The minimum atomic E-state index is -1.02. The molecule has 0 fully saturated rings. The van der Waals surface area contributed by atoms with Gasteiger partial charge in [0.2, 0.25) is 5.91 Å². The first-order valence-corrected chi connectivity index (χ1v) is 10.2. The number of hydrogen-bond acceptors (Lipinski definition) is 5. The van der Waals surface area contributed by atoms with E-state index in [1.165, 1.54) is 13.2 Å². The second kappa shape index (κ2) is 8.79. The van der Waals surface area contributed by atoms with Gasteiger partial charge in [-0.05, 0) is 42.7 Å². The van der Waals surface area contributed by atoms with Crippen molar-refractivity contribution >= 4 is 45.3 Å². The Kier molecular flexibility index (Phi) is 6.36. The van der Waals surface area contributed by atoms with Crippen molar-refractivity contribution in [3.8, 4) is 0 Å². The van der Waals surface area contributed by atoms with Crippen molar-refractivity contribution < 1.29 is 23.9 Å². The molecular formula is C22H21BrN2O5. The van der Waals surface area contributed by atoms with Gasteiger partial charge in [0.25, 0.3) is 11.8 Å². The van der Waals surface area contributed by atoms with Crippen LogP contribution in [0.5, 0.6) is 0 Å². The average molecular weight is 473 g/mol. The standard InChI is InChI=1S/C22H21BrN2O5/c1-12(2)10-18(25-20(27)14-6-4-5-7-15(14)21(25)28)19(26)24-17-9-8-13(23)11-16(17)22(29)30-3/h4-9,11-12,18H,10H2,1-3H3,(H,24,26). The molecule has 0 radical (unpaired) electrons. The number of nitrogens with zero attached hydrogens (tertiary/aromatic N) is 1. The molecule has 8 heteroatoms. The maximum absolute atomic E-state index is 13.2. The molecule has 1 N–H and O–H groups in total. The third-order valence-corrected chi connectivity index (χ3v) is 5.27. The second-order valence-corrected chi connectivity index (χ2v) is 8.26. The number of carbonyl (C=O) groups excluding carboxylic acids is 4. The van der Waals surface area contributed by atoms with Crippen LogP contribution in [0, 0.1) is 5.92 Å². The minimum Gasteiger partial charge on any atom is -0.465 e. The topological polar surface area (TPSA) is 92.8 Å². The Morgan fingerprint density at radius 3 is 2.20 bits per heavy atom. The number of methoxy groups -OCH3 is 1. The van der Waals surface area contributed by atoms with Gasteiger partial charge in [-0.1, -0.05) is 41.9 Å². The molecule has 0 spiro atoms. The van der Waals surface area contributed by atoms with Crippen LogP contribution < -0.4 is 5.32 Å². The van der Waals surface area contributed by atoms with Gasteiger partial charge in [0.1, 0.15) is 6.04 Å². The number of esters is 1. The fourth-order valence-electron chi connectivity index (χ4n) is 3.39. The molecule has 3 rings (SSSR count). The summed E-state index contributed by atoms with van der Waals surface area (Å²) in [5.41, 5.74) is 0.956. The first-order valence-electron chi connectivity index (χ1n) is 9.40. The molecule has 0 saturated carbocycles. The van der Waals surface area contributed by atoms with Crippen LogP contribution in [0.3, 0.4) is 0 Å². The maximum atomic E-state index is 13.2. The Balaban J connectivity index is 1.95. The van der Waals surface area contributed by atoms with Gasteiger partial charge in [-0.15, -0.1) is 0 Å². The summed E-state index contributed by atoms with van der Waals surface area (Å²) >= 11 is 3.29. The van der Waals surface area contributed by atoms with Crippen molar-refractivity contribution in [3.63, 3.8) is 0 Å². The van der Waals surface area contributed by atoms with E-state index < -0.39 is 29.7 Å². The van der Waals surface area contributed by atoms with Crippen LogP contribution in [-0.2, 0) is 9.53 Å². The minimum absolute atomic E-state index is 0.0371. The molecule has 1 heterocycles. The lowest BCUT2D eigenvalue weighted by Gasteiger charge is -2.27. The fraction of sp³-hybridized carbons (Fsp3) is 0.273. The number of hydrogen-bond donors (Lipinski definition) is 1. The molecule has 1 unspecified atom stereocenters. The molecule has 1 atom stereocenters. The highest BCUT2D eigenvalue weighted by atomic mass is 79.9. The summed E-state index contributed by atoms with van der Waals surface area (Å²) in [6.45, 7) is 3.80. The molecule has 156 valence electrons. The van der Waals surface area contributed by atoms with Gasteiger partial charge in [0, 0.05) is 4.47 Å². The van der Waals surface area contributed by atoms with E-state index in [-0.39, 0.29) is 34.7 Å². The molecule has 1 aliphatic heterocycles. The van der Waals surface area contributed by atoms with Crippen LogP contribution in [0.4, 0.5) is 5.69 Å². The van der Waals surface area contributed by atoms with Crippen molar-refractivity contribution in [3.05, 3.63) is 63.6 Å². The smallest absolute Gasteiger partial charge is 0.340 e. The highest BCUT2D eigenvalue weighted by molar-refractivity contribution is 9.10. The van der Waals surface area contributed by atoms with Gasteiger partial charge in [-0.2, -0.15) is 0 Å². The lowest BCUT2D eigenvalue weighted by Crippen LogP contribution is -2.48. The lowest BCUT2D eigenvalue weighted by atomic mass is 10.0. The number of imide groups is 1. The van der Waals surface area contributed by atoms with Crippen molar-refractivity contribution in [1.29, 1.82) is 0 Å². The molecule has 0 aliphatic carbocycles. The van der Waals surface area contributed by atoms with Crippen LogP contribution in [0.2, 0.25) is 0 Å². The van der Waals surface area contributed by atoms with E-state index in [4.69, 9.17) is 4.74 Å². The summed E-state index contributed by atoms with van der Waals surface area (Å²) in [7, 11) is 1.25. The largest absolute Gasteiger partial charge is 0.465 e. The Hall–Kier alpha value is -3.00. The molecule has 0 saturated heterocycles. The van der Waals surface area contributed by atoms with Crippen LogP contribution >= 0.6 is 15.9 Å². The Bertz CT molecular complexity index is 999. The number of rotatable bonds is 6. The van der Waals surface area contributed by atoms with E-state index in [1.54, 1.807) is 36.4 Å². The van der Waals surface area contributed by atoms with Crippen LogP contribution in [0.25, 0.3) is 0 Å². The van der Waals surface area contributed by atoms with Crippen molar-refractivity contribution in [2.24, 2.45) is 5.92 Å². The fourth-order valence-corrected chi connectivity index (χ4v) is 3.75. The molecule has 7 nitrogen and oxygen atoms in total. The van der Waals surface area contributed by atoms with Crippen LogP contribution in [-0.4, -0.2) is 41.7 Å². The number of fused-ring (bicyclic) bond motifs is 1. The highest BCUT2D eigenvalue weighted by Crippen LogP contribution is 2.28. The van der Waals surface area contributed by atoms with Gasteiger partial charge in [-0.3, -0.25) is 19.3 Å². The van der Waals surface area contributed by atoms with Gasteiger partial charge < -0.3 is 10.1 Å². The number of anilines is 1. The van der Waals surface area contributed by atoms with Crippen molar-refractivity contribution in [1.82, 2.24) is 4.90 Å². The summed E-state index contributed by atoms with van der Waals surface area (Å²) < 4.78 is 5.42. The Labute approximate surface area is 182 Å². The summed E-state index contributed by atoms with van der Waals surface area (Å²) in [6, 6.07) is 10.2.